The highest BCUT2D eigenvalue weighted by Gasteiger charge is 2.24. The molecule has 0 spiro atoms. The fourth-order valence-electron chi connectivity index (χ4n) is 4.55. The van der Waals surface area contributed by atoms with E-state index in [1.165, 1.54) is 38.5 Å². The van der Waals surface area contributed by atoms with E-state index in [1.54, 1.807) is 25.1 Å². The lowest BCUT2D eigenvalue weighted by Gasteiger charge is -2.22. The molecule has 0 saturated heterocycles. The van der Waals surface area contributed by atoms with Crippen molar-refractivity contribution in [1.29, 1.82) is 0 Å². The Hall–Kier alpha value is -2.70. The molecule has 186 valence electrons. The molecule has 7 heteroatoms. The zero-order valence-electron chi connectivity index (χ0n) is 20.6. The van der Waals surface area contributed by atoms with Crippen LogP contribution in [0, 0.1) is 5.92 Å². The third-order valence-corrected chi connectivity index (χ3v) is 6.49. The highest BCUT2D eigenvalue weighted by Crippen LogP contribution is 2.32. The van der Waals surface area contributed by atoms with Crippen LogP contribution in [-0.2, 0) is 14.3 Å². The Balaban J connectivity index is 1.69. The number of benzene rings is 1. The molecule has 1 aliphatic rings. The topological polar surface area (TPSA) is 91.5 Å². The van der Waals surface area contributed by atoms with Gasteiger partial charge in [0.05, 0.1) is 25.2 Å². The molecule has 34 heavy (non-hydrogen) atoms. The number of rotatable bonds is 13. The van der Waals surface area contributed by atoms with Crippen molar-refractivity contribution in [1.82, 2.24) is 10.1 Å². The van der Waals surface area contributed by atoms with E-state index in [9.17, 15) is 9.59 Å². The largest absolute Gasteiger partial charge is 0.466 e. The summed E-state index contributed by atoms with van der Waals surface area (Å²) < 4.78 is 16.1. The van der Waals surface area contributed by atoms with Crippen molar-refractivity contribution >= 4 is 11.9 Å². The molecule has 3 rings (SSSR count). The van der Waals surface area contributed by atoms with Crippen molar-refractivity contribution in [3.63, 3.8) is 0 Å². The van der Waals surface area contributed by atoms with Gasteiger partial charge in [0.25, 0.3) is 0 Å². The molecule has 1 atom stereocenters. The minimum atomic E-state index is -0.386. The second-order valence-corrected chi connectivity index (χ2v) is 9.17. The molecule has 1 unspecified atom stereocenters. The zero-order chi connectivity index (χ0) is 24.2. The number of nitrogens with zero attached hydrogens (tertiary/aromatic N) is 2. The summed E-state index contributed by atoms with van der Waals surface area (Å²) in [6.07, 6.45) is 11.7. The van der Waals surface area contributed by atoms with Crippen LogP contribution in [0.5, 0.6) is 0 Å². The number of hydrogen-bond acceptors (Lipinski definition) is 7. The lowest BCUT2D eigenvalue weighted by Crippen LogP contribution is -2.13. The average molecular weight is 471 g/mol. The fraction of sp³-hybridized carbons (Fsp3) is 0.630. The number of hydrogen-bond donors (Lipinski definition) is 0. The van der Waals surface area contributed by atoms with Gasteiger partial charge in [-0.05, 0) is 37.8 Å². The maximum Gasteiger partial charge on any atom is 0.338 e. The number of aromatic nitrogens is 2. The Morgan fingerprint density at radius 3 is 2.71 bits per heavy atom. The Kier molecular flexibility index (Phi) is 10.6. The highest BCUT2D eigenvalue weighted by molar-refractivity contribution is 5.90. The van der Waals surface area contributed by atoms with Gasteiger partial charge >= 0.3 is 11.9 Å². The van der Waals surface area contributed by atoms with Gasteiger partial charge in [-0.1, -0.05) is 75.6 Å². The molecule has 0 amide bonds. The standard InChI is InChI=1S/C27H38N2O5/c1-3-5-17-33-24(30)19-22(15-9-13-20-11-7-6-8-12-20)26-28-25(29-34-26)21-14-10-16-23(18-21)27(31)32-4-2/h10,14,16,18,20,22H,3-9,11-13,15,17,19H2,1-2H3. The first kappa shape index (κ1) is 25.9. The smallest absolute Gasteiger partial charge is 0.338 e. The second-order valence-electron chi connectivity index (χ2n) is 9.17. The zero-order valence-corrected chi connectivity index (χ0v) is 20.6. The van der Waals surface area contributed by atoms with Crippen LogP contribution in [0.1, 0.15) is 107 Å². The Bertz CT molecular complexity index is 904. The molecule has 1 heterocycles. The molecule has 1 fully saturated rings. The summed E-state index contributed by atoms with van der Waals surface area (Å²) in [5, 5.41) is 4.14. The van der Waals surface area contributed by atoms with E-state index in [0.717, 1.165) is 31.6 Å². The van der Waals surface area contributed by atoms with Gasteiger partial charge in [0, 0.05) is 11.5 Å². The van der Waals surface area contributed by atoms with Crippen molar-refractivity contribution in [2.24, 2.45) is 5.92 Å². The van der Waals surface area contributed by atoms with Gasteiger partial charge in [-0.2, -0.15) is 4.98 Å². The van der Waals surface area contributed by atoms with Gasteiger partial charge in [-0.15, -0.1) is 0 Å². The average Bonchev–Trinajstić information content (AvgIpc) is 3.35. The van der Waals surface area contributed by atoms with Gasteiger partial charge < -0.3 is 14.0 Å². The van der Waals surface area contributed by atoms with Crippen molar-refractivity contribution in [3.05, 3.63) is 35.7 Å². The van der Waals surface area contributed by atoms with Gasteiger partial charge in [0.1, 0.15) is 0 Å². The van der Waals surface area contributed by atoms with Crippen LogP contribution in [0.2, 0.25) is 0 Å². The van der Waals surface area contributed by atoms with Crippen LogP contribution in [-0.4, -0.2) is 35.3 Å². The van der Waals surface area contributed by atoms with Crippen LogP contribution in [0.3, 0.4) is 0 Å². The summed E-state index contributed by atoms with van der Waals surface area (Å²) in [6.45, 7) is 4.60. The first-order valence-electron chi connectivity index (χ1n) is 12.9. The number of ether oxygens (including phenoxy) is 2. The maximum atomic E-state index is 12.5. The molecule has 0 aliphatic heterocycles. The number of unbranched alkanes of at least 4 members (excludes halogenated alkanes) is 1. The molecule has 1 saturated carbocycles. The van der Waals surface area contributed by atoms with Crippen molar-refractivity contribution in [3.8, 4) is 11.4 Å². The molecule has 1 aromatic heterocycles. The first-order chi connectivity index (χ1) is 16.6. The van der Waals surface area contributed by atoms with E-state index in [-0.39, 0.29) is 24.3 Å². The van der Waals surface area contributed by atoms with E-state index < -0.39 is 0 Å². The van der Waals surface area contributed by atoms with E-state index in [0.29, 0.717) is 36.1 Å². The molecule has 0 radical (unpaired) electrons. The molecule has 2 aromatic rings. The maximum absolute atomic E-state index is 12.5. The number of carbonyl (C=O) groups is 2. The van der Waals surface area contributed by atoms with Gasteiger partial charge in [0.15, 0.2) is 0 Å². The summed E-state index contributed by atoms with van der Waals surface area (Å²) in [6, 6.07) is 6.99. The molecule has 1 aromatic carbocycles. The quantitative estimate of drug-likeness (QED) is 0.244. The Labute approximate surface area is 202 Å². The minimum absolute atomic E-state index is 0.174. The predicted octanol–water partition coefficient (Wildman–Crippen LogP) is 6.48. The Morgan fingerprint density at radius 1 is 1.12 bits per heavy atom. The van der Waals surface area contributed by atoms with Gasteiger partial charge in [-0.3, -0.25) is 4.79 Å². The number of carbonyl (C=O) groups excluding carboxylic acids is 2. The van der Waals surface area contributed by atoms with Crippen LogP contribution in [0.25, 0.3) is 11.4 Å². The molecule has 0 N–H and O–H groups in total. The SMILES string of the molecule is CCCCOC(=O)CC(CCCC1CCCCC1)c1nc(-c2cccc(C(=O)OCC)c2)no1. The summed E-state index contributed by atoms with van der Waals surface area (Å²) in [7, 11) is 0. The fourth-order valence-corrected chi connectivity index (χ4v) is 4.55. The normalized spacial score (nSPS) is 15.1. The van der Waals surface area contributed by atoms with Crippen LogP contribution in [0.15, 0.2) is 28.8 Å². The third-order valence-electron chi connectivity index (χ3n) is 6.49. The molecular formula is C27H38N2O5. The first-order valence-corrected chi connectivity index (χ1v) is 12.9. The molecular weight excluding hydrogens is 432 g/mol. The monoisotopic (exact) mass is 470 g/mol. The van der Waals surface area contributed by atoms with E-state index >= 15 is 0 Å². The summed E-state index contributed by atoms with van der Waals surface area (Å²) in [5.41, 5.74) is 1.11. The predicted molar refractivity (Wildman–Crippen MR) is 129 cm³/mol. The summed E-state index contributed by atoms with van der Waals surface area (Å²) in [4.78, 5) is 29.1. The third kappa shape index (κ3) is 7.96. The lowest BCUT2D eigenvalue weighted by atomic mass is 9.84. The molecule has 1 aliphatic carbocycles. The Morgan fingerprint density at radius 2 is 1.94 bits per heavy atom. The van der Waals surface area contributed by atoms with Crippen LogP contribution in [0.4, 0.5) is 0 Å². The van der Waals surface area contributed by atoms with E-state index in [1.807, 2.05) is 6.07 Å². The van der Waals surface area contributed by atoms with Gasteiger partial charge in [-0.25, -0.2) is 4.79 Å². The minimum Gasteiger partial charge on any atom is -0.466 e. The molecule has 7 nitrogen and oxygen atoms in total. The molecule has 0 bridgehead atoms. The second kappa shape index (κ2) is 13.9. The van der Waals surface area contributed by atoms with Crippen LogP contribution < -0.4 is 0 Å². The highest BCUT2D eigenvalue weighted by atomic mass is 16.5. The van der Waals surface area contributed by atoms with E-state index in [4.69, 9.17) is 14.0 Å². The van der Waals surface area contributed by atoms with Crippen molar-refractivity contribution < 1.29 is 23.6 Å². The summed E-state index contributed by atoms with van der Waals surface area (Å²) in [5.74, 6) is 0.857. The summed E-state index contributed by atoms with van der Waals surface area (Å²) >= 11 is 0. The van der Waals surface area contributed by atoms with Crippen LogP contribution >= 0.6 is 0 Å². The van der Waals surface area contributed by atoms with Crippen molar-refractivity contribution in [2.75, 3.05) is 13.2 Å². The van der Waals surface area contributed by atoms with Crippen molar-refractivity contribution in [2.45, 2.75) is 90.4 Å². The number of esters is 2. The lowest BCUT2D eigenvalue weighted by molar-refractivity contribution is -0.144. The van der Waals surface area contributed by atoms with E-state index in [2.05, 4.69) is 17.1 Å². The van der Waals surface area contributed by atoms with Gasteiger partial charge in [0.2, 0.25) is 11.7 Å².